The van der Waals surface area contributed by atoms with E-state index in [0.717, 1.165) is 15.7 Å². The summed E-state index contributed by atoms with van der Waals surface area (Å²) in [6.07, 6.45) is 0. The van der Waals surface area contributed by atoms with Gasteiger partial charge in [-0.3, -0.25) is 9.59 Å². The zero-order chi connectivity index (χ0) is 16.1. The van der Waals surface area contributed by atoms with Crippen molar-refractivity contribution >= 4 is 39.0 Å². The Bertz CT molecular complexity index is 714. The molecule has 0 heterocycles. The smallest absolute Gasteiger partial charge is 0.243 e. The first-order valence-corrected chi connectivity index (χ1v) is 7.66. The number of hydrogen-bond donors (Lipinski definition) is 2. The van der Waals surface area contributed by atoms with Crippen LogP contribution in [0.4, 0.5) is 11.4 Å². The van der Waals surface area contributed by atoms with E-state index in [1.54, 1.807) is 18.2 Å². The fraction of sp³-hybridized carbons (Fsp3) is 0.176. The third-order valence-electron chi connectivity index (χ3n) is 3.19. The zero-order valence-corrected chi connectivity index (χ0v) is 14.0. The maximum Gasteiger partial charge on any atom is 0.243 e. The summed E-state index contributed by atoms with van der Waals surface area (Å²) < 4.78 is 0.999. The SMILES string of the molecule is CC(=O)c1ccccc1NCC(=O)Nc1ccc(Br)c(C)c1. The number of carbonyl (C=O) groups is 2. The van der Waals surface area contributed by atoms with Crippen molar-refractivity contribution in [3.8, 4) is 0 Å². The lowest BCUT2D eigenvalue weighted by atomic mass is 10.1. The Hall–Kier alpha value is -2.14. The van der Waals surface area contributed by atoms with E-state index >= 15 is 0 Å². The summed E-state index contributed by atoms with van der Waals surface area (Å²) in [7, 11) is 0. The lowest BCUT2D eigenvalue weighted by Crippen LogP contribution is -2.22. The number of nitrogens with one attached hydrogen (secondary N) is 2. The highest BCUT2D eigenvalue weighted by atomic mass is 79.9. The zero-order valence-electron chi connectivity index (χ0n) is 12.4. The van der Waals surface area contributed by atoms with Gasteiger partial charge in [0.25, 0.3) is 0 Å². The van der Waals surface area contributed by atoms with Crippen LogP contribution in [0.15, 0.2) is 46.9 Å². The normalized spacial score (nSPS) is 10.1. The van der Waals surface area contributed by atoms with Gasteiger partial charge in [0, 0.05) is 21.4 Å². The molecule has 0 spiro atoms. The first kappa shape index (κ1) is 16.2. The standard InChI is InChI=1S/C17H17BrN2O2/c1-11-9-13(7-8-15(11)18)20-17(22)10-19-16-6-4-3-5-14(16)12(2)21/h3-9,19H,10H2,1-2H3,(H,20,22). The van der Waals surface area contributed by atoms with E-state index in [4.69, 9.17) is 0 Å². The monoisotopic (exact) mass is 360 g/mol. The summed E-state index contributed by atoms with van der Waals surface area (Å²) in [5, 5.41) is 5.82. The second kappa shape index (κ2) is 7.22. The second-order valence-electron chi connectivity index (χ2n) is 4.97. The quantitative estimate of drug-likeness (QED) is 0.792. The highest BCUT2D eigenvalue weighted by molar-refractivity contribution is 9.10. The Morgan fingerprint density at radius 2 is 1.86 bits per heavy atom. The van der Waals surface area contributed by atoms with Crippen LogP contribution < -0.4 is 10.6 Å². The van der Waals surface area contributed by atoms with E-state index in [1.165, 1.54) is 6.92 Å². The van der Waals surface area contributed by atoms with E-state index in [9.17, 15) is 9.59 Å². The molecule has 0 saturated carbocycles. The summed E-state index contributed by atoms with van der Waals surface area (Å²) in [4.78, 5) is 23.5. The molecule has 0 aliphatic rings. The average Bonchev–Trinajstić information content (AvgIpc) is 2.49. The van der Waals surface area contributed by atoms with Crippen LogP contribution in [0.5, 0.6) is 0 Å². The molecule has 2 N–H and O–H groups in total. The summed E-state index contributed by atoms with van der Waals surface area (Å²) >= 11 is 3.42. The molecule has 22 heavy (non-hydrogen) atoms. The Labute approximate surface area is 138 Å². The Balaban J connectivity index is 1.98. The van der Waals surface area contributed by atoms with Crippen LogP contribution in [0.2, 0.25) is 0 Å². The van der Waals surface area contributed by atoms with E-state index < -0.39 is 0 Å². The lowest BCUT2D eigenvalue weighted by molar-refractivity contribution is -0.114. The van der Waals surface area contributed by atoms with Crippen LogP contribution in [0.25, 0.3) is 0 Å². The van der Waals surface area contributed by atoms with Crippen molar-refractivity contribution in [2.75, 3.05) is 17.2 Å². The van der Waals surface area contributed by atoms with Gasteiger partial charge in [0.05, 0.1) is 6.54 Å². The van der Waals surface area contributed by atoms with Crippen molar-refractivity contribution in [2.45, 2.75) is 13.8 Å². The minimum Gasteiger partial charge on any atom is -0.376 e. The van der Waals surface area contributed by atoms with Gasteiger partial charge in [0.1, 0.15) is 0 Å². The minimum atomic E-state index is -0.167. The Morgan fingerprint density at radius 1 is 1.14 bits per heavy atom. The number of rotatable bonds is 5. The highest BCUT2D eigenvalue weighted by Crippen LogP contribution is 2.20. The predicted octanol–water partition coefficient (Wildman–Crippen LogP) is 4.01. The molecule has 0 atom stereocenters. The number of ketones is 1. The summed E-state index contributed by atoms with van der Waals surface area (Å²) in [5.74, 6) is -0.202. The van der Waals surface area contributed by atoms with Gasteiger partial charge >= 0.3 is 0 Å². The molecule has 0 unspecified atom stereocenters. The number of Topliss-reactive ketones (excluding diaryl/α,β-unsaturated/α-hetero) is 1. The summed E-state index contributed by atoms with van der Waals surface area (Å²) in [6, 6.07) is 12.8. The molecule has 2 aromatic rings. The number of benzene rings is 2. The minimum absolute atomic E-state index is 0.0351. The van der Waals surface area contributed by atoms with Crippen LogP contribution in [-0.4, -0.2) is 18.2 Å². The Kier molecular flexibility index (Phi) is 5.33. The molecule has 4 nitrogen and oxygen atoms in total. The van der Waals surface area contributed by atoms with Crippen molar-refractivity contribution < 1.29 is 9.59 Å². The van der Waals surface area contributed by atoms with Gasteiger partial charge < -0.3 is 10.6 Å². The molecule has 0 fully saturated rings. The van der Waals surface area contributed by atoms with Crippen LogP contribution in [-0.2, 0) is 4.79 Å². The number of hydrogen-bond acceptors (Lipinski definition) is 3. The number of aryl methyl sites for hydroxylation is 1. The van der Waals surface area contributed by atoms with Crippen LogP contribution in [0, 0.1) is 6.92 Å². The number of amides is 1. The number of para-hydroxylation sites is 1. The van der Waals surface area contributed by atoms with Crippen molar-refractivity contribution in [3.63, 3.8) is 0 Å². The second-order valence-corrected chi connectivity index (χ2v) is 5.82. The van der Waals surface area contributed by atoms with Gasteiger partial charge in [0.15, 0.2) is 5.78 Å². The van der Waals surface area contributed by atoms with Gasteiger partial charge in [-0.05, 0) is 49.7 Å². The van der Waals surface area contributed by atoms with Gasteiger partial charge in [-0.25, -0.2) is 0 Å². The molecule has 1 amide bonds. The largest absolute Gasteiger partial charge is 0.376 e. The lowest BCUT2D eigenvalue weighted by Gasteiger charge is -2.11. The summed E-state index contributed by atoms with van der Waals surface area (Å²) in [5.41, 5.74) is 3.03. The Morgan fingerprint density at radius 3 is 2.55 bits per heavy atom. The van der Waals surface area contributed by atoms with E-state index in [0.29, 0.717) is 11.3 Å². The maximum atomic E-state index is 12.0. The first-order chi connectivity index (χ1) is 10.5. The number of anilines is 2. The van der Waals surface area contributed by atoms with Crippen molar-refractivity contribution in [2.24, 2.45) is 0 Å². The van der Waals surface area contributed by atoms with Crippen LogP contribution in [0.3, 0.4) is 0 Å². The molecule has 0 aliphatic heterocycles. The molecule has 0 aromatic heterocycles. The van der Waals surface area contributed by atoms with E-state index in [1.807, 2.05) is 31.2 Å². The van der Waals surface area contributed by atoms with Gasteiger partial charge in [-0.15, -0.1) is 0 Å². The van der Waals surface area contributed by atoms with Gasteiger partial charge in [0.2, 0.25) is 5.91 Å². The number of carbonyl (C=O) groups excluding carboxylic acids is 2. The molecule has 0 radical (unpaired) electrons. The van der Waals surface area contributed by atoms with Crippen LogP contribution in [0.1, 0.15) is 22.8 Å². The molecule has 0 saturated heterocycles. The summed E-state index contributed by atoms with van der Waals surface area (Å²) in [6.45, 7) is 3.56. The predicted molar refractivity (Wildman–Crippen MR) is 92.4 cm³/mol. The molecule has 0 bridgehead atoms. The first-order valence-electron chi connectivity index (χ1n) is 6.87. The average molecular weight is 361 g/mol. The van der Waals surface area contributed by atoms with Crippen molar-refractivity contribution in [1.29, 1.82) is 0 Å². The van der Waals surface area contributed by atoms with Crippen LogP contribution >= 0.6 is 15.9 Å². The number of halogens is 1. The van der Waals surface area contributed by atoms with E-state index in [-0.39, 0.29) is 18.2 Å². The molecular weight excluding hydrogens is 344 g/mol. The molecule has 0 aliphatic carbocycles. The third-order valence-corrected chi connectivity index (χ3v) is 4.08. The van der Waals surface area contributed by atoms with Gasteiger partial charge in [-0.2, -0.15) is 0 Å². The molecular formula is C17H17BrN2O2. The topological polar surface area (TPSA) is 58.2 Å². The fourth-order valence-corrected chi connectivity index (χ4v) is 2.29. The third kappa shape index (κ3) is 4.18. The fourth-order valence-electron chi connectivity index (χ4n) is 2.05. The van der Waals surface area contributed by atoms with Crippen molar-refractivity contribution in [3.05, 3.63) is 58.1 Å². The van der Waals surface area contributed by atoms with Gasteiger partial charge in [-0.1, -0.05) is 28.1 Å². The molecule has 5 heteroatoms. The van der Waals surface area contributed by atoms with E-state index in [2.05, 4.69) is 26.6 Å². The molecule has 114 valence electrons. The maximum absolute atomic E-state index is 12.0. The highest BCUT2D eigenvalue weighted by Gasteiger charge is 2.08. The van der Waals surface area contributed by atoms with Crippen molar-refractivity contribution in [1.82, 2.24) is 0 Å². The molecule has 2 aromatic carbocycles. The molecule has 2 rings (SSSR count).